The molecule has 0 saturated carbocycles. The molecule has 2 rings (SSSR count). The standard InChI is InChI=1S/C12H12N2O3S/c15-18(16,12-7-4-8-13-9-12)14-17-10-11-5-2-1-3-6-11/h1-9,14H,10H2. The number of benzene rings is 1. The van der Waals surface area contributed by atoms with E-state index >= 15 is 0 Å². The Balaban J connectivity index is 1.95. The van der Waals surface area contributed by atoms with E-state index in [1.807, 2.05) is 30.3 Å². The monoisotopic (exact) mass is 264 g/mol. The molecule has 1 heterocycles. The van der Waals surface area contributed by atoms with Gasteiger partial charge in [-0.15, -0.1) is 0 Å². The molecule has 94 valence electrons. The van der Waals surface area contributed by atoms with Crippen LogP contribution < -0.4 is 4.89 Å². The second-order valence-electron chi connectivity index (χ2n) is 3.55. The second-order valence-corrected chi connectivity index (χ2v) is 5.19. The Bertz CT molecular complexity index is 585. The van der Waals surface area contributed by atoms with Crippen LogP contribution in [0.1, 0.15) is 5.56 Å². The summed E-state index contributed by atoms with van der Waals surface area (Å²) in [5.41, 5.74) is 0.881. The van der Waals surface area contributed by atoms with Crippen molar-refractivity contribution in [1.82, 2.24) is 9.87 Å². The lowest BCUT2D eigenvalue weighted by Gasteiger charge is -2.06. The number of hydrogen-bond acceptors (Lipinski definition) is 4. The average molecular weight is 264 g/mol. The number of hydrogen-bond donors (Lipinski definition) is 1. The predicted molar refractivity (Wildman–Crippen MR) is 65.8 cm³/mol. The van der Waals surface area contributed by atoms with Gasteiger partial charge in [-0.1, -0.05) is 35.2 Å². The van der Waals surface area contributed by atoms with Crippen molar-refractivity contribution in [1.29, 1.82) is 0 Å². The quantitative estimate of drug-likeness (QED) is 0.831. The number of rotatable bonds is 5. The Morgan fingerprint density at radius 1 is 1.11 bits per heavy atom. The van der Waals surface area contributed by atoms with E-state index in [9.17, 15) is 8.42 Å². The van der Waals surface area contributed by atoms with Crippen molar-refractivity contribution in [3.63, 3.8) is 0 Å². The fourth-order valence-corrected chi connectivity index (χ4v) is 2.09. The van der Waals surface area contributed by atoms with Gasteiger partial charge in [0.05, 0.1) is 6.61 Å². The minimum atomic E-state index is -3.67. The molecule has 0 radical (unpaired) electrons. The Labute approximate surface area is 105 Å². The molecule has 1 N–H and O–H groups in total. The number of nitrogens with zero attached hydrogens (tertiary/aromatic N) is 1. The minimum absolute atomic E-state index is 0.0676. The summed E-state index contributed by atoms with van der Waals surface area (Å²) in [6.07, 6.45) is 2.76. The molecule has 0 amide bonds. The number of nitrogens with one attached hydrogen (secondary N) is 1. The van der Waals surface area contributed by atoms with Gasteiger partial charge in [-0.3, -0.25) is 9.82 Å². The van der Waals surface area contributed by atoms with Gasteiger partial charge in [-0.2, -0.15) is 0 Å². The zero-order valence-corrected chi connectivity index (χ0v) is 10.3. The van der Waals surface area contributed by atoms with Gasteiger partial charge in [0.1, 0.15) is 4.90 Å². The summed E-state index contributed by atoms with van der Waals surface area (Å²) in [6, 6.07) is 12.3. The van der Waals surface area contributed by atoms with Crippen molar-refractivity contribution in [2.75, 3.05) is 0 Å². The molecule has 0 aliphatic carbocycles. The van der Waals surface area contributed by atoms with E-state index in [2.05, 4.69) is 9.87 Å². The number of sulfonamides is 1. The average Bonchev–Trinajstić information content (AvgIpc) is 2.41. The summed E-state index contributed by atoms with van der Waals surface area (Å²) >= 11 is 0. The molecule has 0 aliphatic heterocycles. The lowest BCUT2D eigenvalue weighted by molar-refractivity contribution is 0.0795. The van der Waals surface area contributed by atoms with Gasteiger partial charge in [-0.05, 0) is 17.7 Å². The SMILES string of the molecule is O=S(=O)(NOCc1ccccc1)c1cccnc1. The fourth-order valence-electron chi connectivity index (χ4n) is 1.32. The third-order valence-electron chi connectivity index (χ3n) is 2.19. The summed E-state index contributed by atoms with van der Waals surface area (Å²) in [5, 5.41) is 0. The zero-order chi connectivity index (χ0) is 12.8. The van der Waals surface area contributed by atoms with E-state index in [4.69, 9.17) is 4.84 Å². The van der Waals surface area contributed by atoms with E-state index in [1.54, 1.807) is 6.07 Å². The summed E-state index contributed by atoms with van der Waals surface area (Å²) in [4.78, 5) is 10.8. The van der Waals surface area contributed by atoms with Crippen LogP contribution in [0.4, 0.5) is 0 Å². The van der Waals surface area contributed by atoms with Crippen molar-refractivity contribution in [2.24, 2.45) is 0 Å². The summed E-state index contributed by atoms with van der Waals surface area (Å²) in [6.45, 7) is 0.167. The molecule has 0 bridgehead atoms. The van der Waals surface area contributed by atoms with Crippen LogP contribution in [0.3, 0.4) is 0 Å². The van der Waals surface area contributed by atoms with Crippen molar-refractivity contribution < 1.29 is 13.3 Å². The number of pyridine rings is 1. The van der Waals surface area contributed by atoms with Crippen LogP contribution >= 0.6 is 0 Å². The molecular weight excluding hydrogens is 252 g/mol. The van der Waals surface area contributed by atoms with E-state index in [1.165, 1.54) is 18.5 Å². The largest absolute Gasteiger partial charge is 0.282 e. The third kappa shape index (κ3) is 3.36. The zero-order valence-electron chi connectivity index (χ0n) is 9.48. The molecule has 0 atom stereocenters. The van der Waals surface area contributed by atoms with Crippen LogP contribution in [-0.2, 0) is 21.5 Å². The molecule has 6 heteroatoms. The highest BCUT2D eigenvalue weighted by molar-refractivity contribution is 7.89. The normalized spacial score (nSPS) is 11.3. The van der Waals surface area contributed by atoms with Crippen LogP contribution in [0.5, 0.6) is 0 Å². The maximum Gasteiger partial charge on any atom is 0.264 e. The highest BCUT2D eigenvalue weighted by atomic mass is 32.2. The topological polar surface area (TPSA) is 68.3 Å². The molecule has 0 aliphatic rings. The smallest absolute Gasteiger partial charge is 0.264 e. The minimum Gasteiger partial charge on any atom is -0.282 e. The molecular formula is C12H12N2O3S. The molecule has 1 aromatic carbocycles. The predicted octanol–water partition coefficient (Wildman–Crippen LogP) is 1.49. The van der Waals surface area contributed by atoms with Gasteiger partial charge in [0.15, 0.2) is 0 Å². The van der Waals surface area contributed by atoms with E-state index in [0.717, 1.165) is 5.56 Å². The molecule has 0 spiro atoms. The summed E-state index contributed by atoms with van der Waals surface area (Å²) in [5.74, 6) is 0. The lowest BCUT2D eigenvalue weighted by atomic mass is 10.2. The first-order chi connectivity index (χ1) is 8.68. The van der Waals surface area contributed by atoms with Crippen molar-refractivity contribution >= 4 is 10.0 Å². The van der Waals surface area contributed by atoms with Gasteiger partial charge in [-0.25, -0.2) is 8.42 Å². The Morgan fingerprint density at radius 3 is 2.56 bits per heavy atom. The number of aromatic nitrogens is 1. The van der Waals surface area contributed by atoms with Crippen LogP contribution in [0.25, 0.3) is 0 Å². The second kappa shape index (κ2) is 5.72. The van der Waals surface area contributed by atoms with Gasteiger partial charge >= 0.3 is 0 Å². The first kappa shape index (κ1) is 12.7. The highest BCUT2D eigenvalue weighted by Crippen LogP contribution is 2.06. The molecule has 0 saturated heterocycles. The van der Waals surface area contributed by atoms with Crippen molar-refractivity contribution in [3.05, 3.63) is 60.4 Å². The molecule has 5 nitrogen and oxygen atoms in total. The van der Waals surface area contributed by atoms with E-state index < -0.39 is 10.0 Å². The molecule has 18 heavy (non-hydrogen) atoms. The van der Waals surface area contributed by atoms with Gasteiger partial charge in [0.2, 0.25) is 0 Å². The van der Waals surface area contributed by atoms with Crippen LogP contribution in [0.15, 0.2) is 59.8 Å². The Hall–Kier alpha value is -1.76. The van der Waals surface area contributed by atoms with Crippen LogP contribution in [0, 0.1) is 0 Å². The van der Waals surface area contributed by atoms with Crippen molar-refractivity contribution in [3.8, 4) is 0 Å². The first-order valence-electron chi connectivity index (χ1n) is 5.26. The van der Waals surface area contributed by atoms with Gasteiger partial charge in [0.25, 0.3) is 10.0 Å². The highest BCUT2D eigenvalue weighted by Gasteiger charge is 2.13. The maximum atomic E-state index is 11.7. The lowest BCUT2D eigenvalue weighted by Crippen LogP contribution is -2.24. The van der Waals surface area contributed by atoms with Crippen LogP contribution in [0.2, 0.25) is 0 Å². The summed E-state index contributed by atoms with van der Waals surface area (Å²) < 4.78 is 23.5. The Morgan fingerprint density at radius 2 is 1.89 bits per heavy atom. The first-order valence-corrected chi connectivity index (χ1v) is 6.74. The summed E-state index contributed by atoms with van der Waals surface area (Å²) in [7, 11) is -3.67. The van der Waals surface area contributed by atoms with E-state index in [0.29, 0.717) is 0 Å². The molecule has 2 aromatic rings. The maximum absolute atomic E-state index is 11.7. The van der Waals surface area contributed by atoms with Gasteiger partial charge in [0, 0.05) is 12.4 Å². The molecule has 1 aromatic heterocycles. The fraction of sp³-hybridized carbons (Fsp3) is 0.0833. The van der Waals surface area contributed by atoms with E-state index in [-0.39, 0.29) is 11.5 Å². The molecule has 0 unspecified atom stereocenters. The van der Waals surface area contributed by atoms with Crippen molar-refractivity contribution in [2.45, 2.75) is 11.5 Å². The van der Waals surface area contributed by atoms with Gasteiger partial charge < -0.3 is 0 Å². The molecule has 0 fully saturated rings. The van der Waals surface area contributed by atoms with Crippen LogP contribution in [-0.4, -0.2) is 13.4 Å². The third-order valence-corrected chi connectivity index (χ3v) is 3.39. The Kier molecular flexibility index (Phi) is 4.03.